The van der Waals surface area contributed by atoms with E-state index in [9.17, 15) is 24.3 Å². The van der Waals surface area contributed by atoms with Gasteiger partial charge in [0.2, 0.25) is 5.78 Å². The Morgan fingerprint density at radius 3 is 2.44 bits per heavy atom. The highest BCUT2D eigenvalue weighted by Gasteiger charge is 2.80. The molecule has 230 valence electrons. The number of rotatable bonds is 5. The number of hydrogen-bond acceptors (Lipinski definition) is 8. The molecule has 0 unspecified atom stereocenters. The number of halogens is 1. The molecule has 4 aliphatic carbocycles. The Kier molecular flexibility index (Phi) is 6.69. The zero-order chi connectivity index (χ0) is 31.2. The third-order valence-electron chi connectivity index (χ3n) is 11.0. The Labute approximate surface area is 249 Å². The maximum absolute atomic E-state index is 17.5. The second-order valence-corrected chi connectivity index (χ2v) is 13.5. The summed E-state index contributed by atoms with van der Waals surface area (Å²) in [6.45, 7) is 6.41. The van der Waals surface area contributed by atoms with Crippen molar-refractivity contribution in [1.29, 1.82) is 0 Å². The first-order valence-corrected chi connectivity index (χ1v) is 14.8. The summed E-state index contributed by atoms with van der Waals surface area (Å²) < 4.78 is 35.8. The van der Waals surface area contributed by atoms with Gasteiger partial charge in [0.1, 0.15) is 0 Å². The molecule has 0 bridgehead atoms. The summed E-state index contributed by atoms with van der Waals surface area (Å²) in [5.74, 6) is -3.89. The molecule has 1 saturated heterocycles. The third kappa shape index (κ3) is 3.98. The number of amides is 1. The van der Waals surface area contributed by atoms with Crippen LogP contribution < -0.4 is 5.32 Å². The Morgan fingerprint density at radius 1 is 1.09 bits per heavy atom. The Balaban J connectivity index is 1.30. The van der Waals surface area contributed by atoms with E-state index in [0.29, 0.717) is 30.4 Å². The van der Waals surface area contributed by atoms with Gasteiger partial charge in [0, 0.05) is 29.4 Å². The van der Waals surface area contributed by atoms with E-state index in [1.54, 1.807) is 26.8 Å². The first-order valence-electron chi connectivity index (χ1n) is 14.8. The summed E-state index contributed by atoms with van der Waals surface area (Å²) in [6.07, 6.45) is 3.41. The van der Waals surface area contributed by atoms with E-state index in [1.165, 1.54) is 43.5 Å². The number of aliphatic hydroxyl groups excluding tert-OH is 1. The number of allylic oxidation sites excluding steroid dienone is 4. The lowest BCUT2D eigenvalue weighted by atomic mass is 9.44. The maximum atomic E-state index is 17.5. The number of Topliss-reactive ketones (excluding diaryl/α,β-unsaturated/α-hetero) is 1. The number of ketones is 2. The Bertz CT molecular complexity index is 1470. The highest BCUT2D eigenvalue weighted by molar-refractivity contribution is 6.01. The SMILES string of the molecule is CNC(=O)c1ccc(C(=O)OCC(=O)[C@@]23OC(C)(C)O[C@@H]2C[C@H]2[C@@H]4CCC5=CC(=O)C=C[C@]5(C)[C@@]4(F)[C@@H](O)C[C@@]23C)cc1. The average Bonchev–Trinajstić information content (AvgIpc) is 3.37. The molecule has 2 N–H and O–H groups in total. The quantitative estimate of drug-likeness (QED) is 0.494. The van der Waals surface area contributed by atoms with E-state index >= 15 is 4.39 Å². The molecular weight excluding hydrogens is 557 g/mol. The molecule has 9 nitrogen and oxygen atoms in total. The maximum Gasteiger partial charge on any atom is 0.338 e. The zero-order valence-electron chi connectivity index (χ0n) is 25.1. The van der Waals surface area contributed by atoms with Gasteiger partial charge < -0.3 is 24.6 Å². The van der Waals surface area contributed by atoms with Crippen molar-refractivity contribution in [2.24, 2.45) is 22.7 Å². The van der Waals surface area contributed by atoms with Crippen molar-refractivity contribution in [2.45, 2.75) is 82.6 Å². The van der Waals surface area contributed by atoms with Crippen LogP contribution in [-0.2, 0) is 23.8 Å². The number of esters is 1. The van der Waals surface area contributed by atoms with Gasteiger partial charge in [-0.25, -0.2) is 9.18 Å². The minimum Gasteiger partial charge on any atom is -0.454 e. The van der Waals surface area contributed by atoms with Crippen LogP contribution in [0.25, 0.3) is 0 Å². The monoisotopic (exact) mass is 595 g/mol. The van der Waals surface area contributed by atoms with Gasteiger partial charge in [-0.1, -0.05) is 18.6 Å². The summed E-state index contributed by atoms with van der Waals surface area (Å²) in [5, 5.41) is 14.2. The van der Waals surface area contributed by atoms with E-state index in [2.05, 4.69) is 5.32 Å². The fraction of sp³-hybridized carbons (Fsp3) is 0.576. The Hall–Kier alpha value is -3.21. The van der Waals surface area contributed by atoms with E-state index in [-0.39, 0.29) is 29.6 Å². The van der Waals surface area contributed by atoms with Crippen LogP contribution in [0.2, 0.25) is 0 Å². The molecule has 8 atom stereocenters. The first-order chi connectivity index (χ1) is 20.1. The normalized spacial score (nSPS) is 40.4. The smallest absolute Gasteiger partial charge is 0.338 e. The van der Waals surface area contributed by atoms with Crippen LogP contribution >= 0.6 is 0 Å². The van der Waals surface area contributed by atoms with E-state index in [1.807, 2.05) is 6.92 Å². The average molecular weight is 596 g/mol. The predicted molar refractivity (Wildman–Crippen MR) is 152 cm³/mol. The molecule has 1 aliphatic heterocycles. The van der Waals surface area contributed by atoms with Crippen molar-refractivity contribution in [3.8, 4) is 0 Å². The standard InChI is InChI=1S/C33H38FNO8/c1-29(2)42-26-15-23-22-11-10-20-14-21(36)12-13-30(20,3)32(22,34)24(37)16-31(23,4)33(26,43-29)25(38)17-41-28(40)19-8-6-18(7-9-19)27(39)35-5/h6-9,12-14,22-24,26,37H,10-11,15-17H2,1-5H3,(H,35,39)/t22-,23-,24-,26+,30-,31-,32-,33+/m0/s1. The number of nitrogens with one attached hydrogen (secondary N) is 1. The second kappa shape index (κ2) is 9.64. The number of aliphatic hydroxyl groups is 1. The number of fused-ring (bicyclic) bond motifs is 7. The molecule has 1 aromatic carbocycles. The van der Waals surface area contributed by atoms with Crippen molar-refractivity contribution in [3.63, 3.8) is 0 Å². The number of hydrogen-bond donors (Lipinski definition) is 2. The summed E-state index contributed by atoms with van der Waals surface area (Å²) in [7, 11) is 1.50. The number of alkyl halides is 1. The van der Waals surface area contributed by atoms with Crippen molar-refractivity contribution >= 4 is 23.4 Å². The summed E-state index contributed by atoms with van der Waals surface area (Å²) in [6, 6.07) is 5.87. The van der Waals surface area contributed by atoms with Crippen LogP contribution in [-0.4, -0.2) is 71.5 Å². The Morgan fingerprint density at radius 2 is 1.77 bits per heavy atom. The van der Waals surface area contributed by atoms with Crippen LogP contribution in [0, 0.1) is 22.7 Å². The molecule has 1 amide bonds. The van der Waals surface area contributed by atoms with E-state index in [4.69, 9.17) is 14.2 Å². The van der Waals surface area contributed by atoms with Gasteiger partial charge in [-0.15, -0.1) is 0 Å². The van der Waals surface area contributed by atoms with E-state index in [0.717, 1.165) is 0 Å². The minimum atomic E-state index is -2.07. The van der Waals surface area contributed by atoms with Gasteiger partial charge in [0.15, 0.2) is 29.4 Å². The van der Waals surface area contributed by atoms with Crippen molar-refractivity contribution in [1.82, 2.24) is 5.32 Å². The van der Waals surface area contributed by atoms with Crippen LogP contribution in [0.3, 0.4) is 0 Å². The molecule has 0 spiro atoms. The van der Waals surface area contributed by atoms with Gasteiger partial charge in [-0.2, -0.15) is 0 Å². The lowest BCUT2D eigenvalue weighted by molar-refractivity contribution is -0.246. The molecule has 1 aromatic rings. The van der Waals surface area contributed by atoms with E-state index < -0.39 is 64.4 Å². The number of carbonyl (C=O) groups excluding carboxylic acids is 4. The molecule has 6 rings (SSSR count). The van der Waals surface area contributed by atoms with Crippen molar-refractivity contribution in [2.75, 3.05) is 13.7 Å². The summed E-state index contributed by atoms with van der Waals surface area (Å²) >= 11 is 0. The number of carbonyl (C=O) groups is 4. The molecule has 1 heterocycles. The summed E-state index contributed by atoms with van der Waals surface area (Å²) in [4.78, 5) is 51.1. The lowest BCUT2D eigenvalue weighted by Gasteiger charge is -2.62. The van der Waals surface area contributed by atoms with Crippen LogP contribution in [0.1, 0.15) is 74.1 Å². The zero-order valence-corrected chi connectivity index (χ0v) is 25.1. The first kappa shape index (κ1) is 29.8. The van der Waals surface area contributed by atoms with Crippen LogP contribution in [0.4, 0.5) is 4.39 Å². The molecule has 10 heteroatoms. The van der Waals surface area contributed by atoms with Gasteiger partial charge in [0.05, 0.1) is 17.8 Å². The van der Waals surface area contributed by atoms with Crippen molar-refractivity contribution < 1.29 is 42.9 Å². The highest BCUT2D eigenvalue weighted by Crippen LogP contribution is 2.72. The van der Waals surface area contributed by atoms with Crippen LogP contribution in [0.15, 0.2) is 48.1 Å². The number of benzene rings is 1. The van der Waals surface area contributed by atoms with Gasteiger partial charge >= 0.3 is 5.97 Å². The molecule has 0 aromatic heterocycles. The topological polar surface area (TPSA) is 128 Å². The lowest BCUT2D eigenvalue weighted by Crippen LogP contribution is -2.70. The molecule has 43 heavy (non-hydrogen) atoms. The predicted octanol–water partition coefficient (Wildman–Crippen LogP) is 3.64. The fourth-order valence-corrected chi connectivity index (χ4v) is 9.03. The van der Waals surface area contributed by atoms with Gasteiger partial charge in [-0.05, 0) is 88.8 Å². The molecule has 5 aliphatic rings. The third-order valence-corrected chi connectivity index (χ3v) is 11.0. The largest absolute Gasteiger partial charge is 0.454 e. The molecule has 3 saturated carbocycles. The minimum absolute atomic E-state index is 0.0775. The molecular formula is C33H38FNO8. The van der Waals surface area contributed by atoms with Gasteiger partial charge in [-0.3, -0.25) is 14.4 Å². The van der Waals surface area contributed by atoms with Gasteiger partial charge in [0.25, 0.3) is 5.91 Å². The van der Waals surface area contributed by atoms with Crippen molar-refractivity contribution in [3.05, 3.63) is 59.2 Å². The summed E-state index contributed by atoms with van der Waals surface area (Å²) in [5.41, 5.74) is -4.63. The fourth-order valence-electron chi connectivity index (χ4n) is 9.03. The molecule has 4 fully saturated rings. The molecule has 0 radical (unpaired) electrons. The highest BCUT2D eigenvalue weighted by atomic mass is 19.1. The number of ether oxygens (including phenoxy) is 3. The van der Waals surface area contributed by atoms with Crippen LogP contribution in [0.5, 0.6) is 0 Å². The second-order valence-electron chi connectivity index (χ2n) is 13.5.